The summed E-state index contributed by atoms with van der Waals surface area (Å²) < 4.78 is 2.37. The Morgan fingerprint density at radius 3 is 1.00 bits per heavy atom. The van der Waals surface area contributed by atoms with Gasteiger partial charge in [0.05, 0.1) is 11.0 Å². The fourth-order valence-corrected chi connectivity index (χ4v) is 13.0. The second-order valence-electron chi connectivity index (χ2n) is 23.6. The molecule has 103 heavy (non-hydrogen) atoms. The first kappa shape index (κ1) is 81.2. The molecule has 3 nitrogen and oxygen atoms in total. The zero-order valence-corrected chi connectivity index (χ0v) is 64.0. The van der Waals surface area contributed by atoms with E-state index in [1.165, 1.54) is 120 Å². The summed E-state index contributed by atoms with van der Waals surface area (Å²) in [5.74, 6) is 1.18. The molecule has 0 radical (unpaired) electrons. The fraction of sp³-hybridized carbons (Fsp3) is 0.220. The van der Waals surface area contributed by atoms with Gasteiger partial charge in [-0.05, 0) is 204 Å². The number of nitrogens with zero attached hydrogens (tertiary/aromatic N) is 3. The first-order valence-corrected chi connectivity index (χ1v) is 38.2. The van der Waals surface area contributed by atoms with Crippen LogP contribution < -0.4 is 9.80 Å². The Hall–Kier alpha value is -10.7. The standard InChI is InChI=1S/C31H29N.C29H25N.C28H25N.6C2H6/c1-2-24-16-18-25(19-17-24)30-14-9-15-31(30)26-20-22-29(23-21-26)32(27-10-5-3-6-11-27)28-12-7-4-8-13-28;1-2-22-9-7-11-24(21-22)12-8-10-23-17-19-25(20-18-23)30-28-15-5-3-13-26(28)27-14-4-6-16-29(27)30;1-2-23-13-15-24(16-14-23)17-18-25-19-21-28(22-20-25)29(26-9-5-3-6-10-26)27-11-7-4-8-12-27;6*1-2/h2-8,10-13,16-23,30-31H,1,9,14-15H2;2-7,9,11,13-21H,1,8,10,12H2;2-16,19-22H,1,17-18H2;6*1-2H3. The SMILES string of the molecule is C=Cc1ccc(C2CCCC2c2ccc(N(c3ccccc3)c3ccccc3)cc2)cc1.C=Cc1ccc(CCc2ccc(N(c3ccccc3)c3ccccc3)cc2)cc1.C=Cc1cccc(CCCc2ccc(-n3c4ccccc4c4ccccc43)cc2)c1.CC.CC.CC.CC.CC.CC. The highest BCUT2D eigenvalue weighted by atomic mass is 15.1. The summed E-state index contributed by atoms with van der Waals surface area (Å²) in [6.45, 7) is 35.6. The fourth-order valence-electron chi connectivity index (χ4n) is 13.0. The van der Waals surface area contributed by atoms with E-state index in [2.05, 4.69) is 350 Å². The predicted molar refractivity (Wildman–Crippen MR) is 459 cm³/mol. The molecular formula is C100H115N3. The van der Waals surface area contributed by atoms with E-state index in [9.17, 15) is 0 Å². The quantitative estimate of drug-likeness (QED) is 0.0799. The highest BCUT2D eigenvalue weighted by molar-refractivity contribution is 6.09. The van der Waals surface area contributed by atoms with Crippen LogP contribution in [0.3, 0.4) is 0 Å². The van der Waals surface area contributed by atoms with E-state index in [0.29, 0.717) is 11.8 Å². The third-order valence-corrected chi connectivity index (χ3v) is 17.8. The number of hydrogen-bond acceptors (Lipinski definition) is 2. The van der Waals surface area contributed by atoms with Gasteiger partial charge in [-0.15, -0.1) is 0 Å². The molecule has 0 bridgehead atoms. The smallest absolute Gasteiger partial charge is 0.0541 e. The van der Waals surface area contributed by atoms with Gasteiger partial charge < -0.3 is 14.4 Å². The first-order chi connectivity index (χ1) is 51.0. The van der Waals surface area contributed by atoms with E-state index >= 15 is 0 Å². The molecule has 1 fully saturated rings. The van der Waals surface area contributed by atoms with Crippen LogP contribution in [0.5, 0.6) is 0 Å². The topological polar surface area (TPSA) is 11.4 Å². The molecule has 1 aliphatic carbocycles. The third-order valence-electron chi connectivity index (χ3n) is 17.8. The van der Waals surface area contributed by atoms with E-state index in [4.69, 9.17) is 0 Å². The van der Waals surface area contributed by atoms with Gasteiger partial charge in [-0.25, -0.2) is 0 Å². The number of aryl methyl sites for hydroxylation is 4. The number of benzene rings is 12. The molecule has 0 amide bonds. The maximum atomic E-state index is 3.88. The number of aromatic nitrogens is 1. The number of anilines is 6. The summed E-state index contributed by atoms with van der Waals surface area (Å²) in [7, 11) is 0. The van der Waals surface area contributed by atoms with E-state index in [1.54, 1.807) is 0 Å². The van der Waals surface area contributed by atoms with Crippen LogP contribution in [0, 0.1) is 0 Å². The van der Waals surface area contributed by atoms with Crippen molar-refractivity contribution in [1.29, 1.82) is 0 Å². The Labute approximate surface area is 621 Å². The lowest BCUT2D eigenvalue weighted by atomic mass is 9.84. The second-order valence-corrected chi connectivity index (χ2v) is 23.6. The van der Waals surface area contributed by atoms with Gasteiger partial charge in [-0.3, -0.25) is 0 Å². The van der Waals surface area contributed by atoms with Gasteiger partial charge in [0.15, 0.2) is 0 Å². The Balaban J connectivity index is 0.000000226. The monoisotopic (exact) mass is 1360 g/mol. The van der Waals surface area contributed by atoms with Crippen LogP contribution in [0.15, 0.2) is 335 Å². The molecule has 12 aromatic carbocycles. The van der Waals surface area contributed by atoms with Crippen molar-refractivity contribution in [3.63, 3.8) is 0 Å². The van der Waals surface area contributed by atoms with Crippen LogP contribution in [-0.4, -0.2) is 4.57 Å². The van der Waals surface area contributed by atoms with Gasteiger partial charge in [-0.1, -0.05) is 346 Å². The van der Waals surface area contributed by atoms with Crippen LogP contribution in [0.2, 0.25) is 0 Å². The number of fused-ring (bicyclic) bond motifs is 3. The highest BCUT2D eigenvalue weighted by Crippen LogP contribution is 2.47. The maximum absolute atomic E-state index is 3.88. The van der Waals surface area contributed by atoms with Gasteiger partial charge in [0.1, 0.15) is 0 Å². The second kappa shape index (κ2) is 45.9. The molecule has 0 saturated heterocycles. The Bertz CT molecular complexity index is 4290. The summed E-state index contributed by atoms with van der Waals surface area (Å²) in [6, 6.07) is 113. The molecule has 1 aliphatic rings. The van der Waals surface area contributed by atoms with Crippen LogP contribution in [0.4, 0.5) is 34.1 Å². The molecular weight excluding hydrogens is 1240 g/mol. The Morgan fingerprint density at radius 1 is 0.291 bits per heavy atom. The van der Waals surface area contributed by atoms with Crippen molar-refractivity contribution in [1.82, 2.24) is 4.57 Å². The van der Waals surface area contributed by atoms with E-state index in [0.717, 1.165) is 43.5 Å². The van der Waals surface area contributed by atoms with Gasteiger partial charge in [0.25, 0.3) is 0 Å². The van der Waals surface area contributed by atoms with E-state index in [1.807, 2.05) is 101 Å². The Morgan fingerprint density at radius 2 is 0.602 bits per heavy atom. The number of para-hydroxylation sites is 6. The van der Waals surface area contributed by atoms with Gasteiger partial charge in [-0.2, -0.15) is 0 Å². The molecule has 3 heteroatoms. The molecule has 0 aliphatic heterocycles. The molecule has 2 unspecified atom stereocenters. The van der Waals surface area contributed by atoms with Crippen molar-refractivity contribution < 1.29 is 0 Å². The lowest BCUT2D eigenvalue weighted by Gasteiger charge is -2.26. The molecule has 530 valence electrons. The first-order valence-electron chi connectivity index (χ1n) is 38.2. The van der Waals surface area contributed by atoms with Crippen molar-refractivity contribution in [2.75, 3.05) is 9.80 Å². The maximum Gasteiger partial charge on any atom is 0.0541 e. The summed E-state index contributed by atoms with van der Waals surface area (Å²) in [5.41, 5.74) is 22.7. The van der Waals surface area contributed by atoms with Crippen LogP contribution in [0.25, 0.3) is 45.7 Å². The minimum atomic E-state index is 0.584. The summed E-state index contributed by atoms with van der Waals surface area (Å²) in [4.78, 5) is 4.61. The van der Waals surface area contributed by atoms with Crippen LogP contribution in [-0.2, 0) is 25.7 Å². The zero-order chi connectivity index (χ0) is 74.0. The minimum absolute atomic E-state index is 0.584. The van der Waals surface area contributed by atoms with Crippen molar-refractivity contribution in [2.24, 2.45) is 0 Å². The lowest BCUT2D eigenvalue weighted by Crippen LogP contribution is -2.10. The molecule has 1 heterocycles. The van der Waals surface area contributed by atoms with E-state index < -0.39 is 0 Å². The Kier molecular flexibility index (Phi) is 36.2. The van der Waals surface area contributed by atoms with Crippen molar-refractivity contribution in [2.45, 2.75) is 146 Å². The van der Waals surface area contributed by atoms with Crippen molar-refractivity contribution in [3.8, 4) is 5.69 Å². The largest absolute Gasteiger partial charge is 0.311 e. The molecule has 1 aromatic heterocycles. The van der Waals surface area contributed by atoms with Gasteiger partial charge >= 0.3 is 0 Å². The number of rotatable bonds is 19. The average Bonchev–Trinajstić information content (AvgIpc) is 1.61. The average molecular weight is 1360 g/mol. The molecule has 0 spiro atoms. The predicted octanol–water partition coefficient (Wildman–Crippen LogP) is 30.2. The van der Waals surface area contributed by atoms with Crippen molar-refractivity contribution >= 4 is 74.2 Å². The molecule has 13 aromatic rings. The molecule has 2 atom stereocenters. The van der Waals surface area contributed by atoms with Gasteiger partial charge in [0, 0.05) is 50.6 Å². The summed E-state index contributed by atoms with van der Waals surface area (Å²) >= 11 is 0. The van der Waals surface area contributed by atoms with Gasteiger partial charge in [0.2, 0.25) is 0 Å². The van der Waals surface area contributed by atoms with E-state index in [-0.39, 0.29) is 0 Å². The summed E-state index contributed by atoms with van der Waals surface area (Å²) in [5, 5.41) is 2.61. The molecule has 0 N–H and O–H groups in total. The van der Waals surface area contributed by atoms with Crippen LogP contribution in [0.1, 0.15) is 171 Å². The highest BCUT2D eigenvalue weighted by Gasteiger charge is 2.30. The number of hydrogen-bond donors (Lipinski definition) is 0. The minimum Gasteiger partial charge on any atom is -0.311 e. The third kappa shape index (κ3) is 22.9. The summed E-state index contributed by atoms with van der Waals surface area (Å²) in [6.07, 6.45) is 14.9. The normalized spacial score (nSPS) is 12.1. The lowest BCUT2D eigenvalue weighted by molar-refractivity contribution is 0.624. The molecule has 1 saturated carbocycles. The zero-order valence-electron chi connectivity index (χ0n) is 64.0. The van der Waals surface area contributed by atoms with Crippen LogP contribution >= 0.6 is 0 Å². The molecule has 14 rings (SSSR count). The van der Waals surface area contributed by atoms with Crippen molar-refractivity contribution in [3.05, 3.63) is 385 Å².